The summed E-state index contributed by atoms with van der Waals surface area (Å²) in [6, 6.07) is 4.92. The highest BCUT2D eigenvalue weighted by atomic mass is 19.4. The van der Waals surface area contributed by atoms with Gasteiger partial charge in [0.15, 0.2) is 0 Å². The van der Waals surface area contributed by atoms with Crippen LogP contribution in [0.1, 0.15) is 18.4 Å². The van der Waals surface area contributed by atoms with Crippen molar-refractivity contribution in [3.63, 3.8) is 0 Å². The zero-order chi connectivity index (χ0) is 15.6. The molecule has 0 heterocycles. The lowest BCUT2D eigenvalue weighted by atomic mass is 10.1. The normalized spacial score (nSPS) is 15.3. The van der Waals surface area contributed by atoms with Gasteiger partial charge in [0.05, 0.1) is 13.1 Å². The molecule has 1 aliphatic carbocycles. The minimum Gasteiger partial charge on any atom is -0.398 e. The third-order valence-corrected chi connectivity index (χ3v) is 3.44. The lowest BCUT2D eigenvalue weighted by molar-refractivity contribution is -0.149. The van der Waals surface area contributed by atoms with Crippen LogP contribution in [0.5, 0.6) is 0 Å². The number of halogens is 3. The Labute approximate surface area is 121 Å². The number of nitrogens with zero attached hydrogens (tertiary/aromatic N) is 1. The molecule has 1 fully saturated rings. The van der Waals surface area contributed by atoms with E-state index in [-0.39, 0.29) is 12.6 Å². The van der Waals surface area contributed by atoms with Crippen molar-refractivity contribution in [2.75, 3.05) is 24.1 Å². The molecule has 0 saturated heterocycles. The van der Waals surface area contributed by atoms with E-state index in [0.717, 1.165) is 0 Å². The molecular weight excluding hydrogens is 283 g/mol. The lowest BCUT2D eigenvalue weighted by Crippen LogP contribution is -2.41. The summed E-state index contributed by atoms with van der Waals surface area (Å²) in [5, 5.41) is 2.62. The summed E-state index contributed by atoms with van der Waals surface area (Å²) in [4.78, 5) is 13.1. The van der Waals surface area contributed by atoms with E-state index in [9.17, 15) is 18.0 Å². The molecule has 1 aliphatic rings. The monoisotopic (exact) mass is 301 g/mol. The van der Waals surface area contributed by atoms with Crippen LogP contribution in [-0.2, 0) is 4.79 Å². The van der Waals surface area contributed by atoms with Crippen LogP contribution in [0.3, 0.4) is 0 Å². The van der Waals surface area contributed by atoms with Crippen molar-refractivity contribution in [3.05, 3.63) is 23.8 Å². The first kappa shape index (κ1) is 15.6. The molecule has 0 unspecified atom stereocenters. The van der Waals surface area contributed by atoms with Crippen molar-refractivity contribution in [1.29, 1.82) is 0 Å². The standard InChI is InChI=1S/C14H18F3N3O/c1-9-11(18)3-2-4-12(9)19-13(21)7-20(10-5-6-10)8-14(15,16)17/h2-4,10H,5-8,18H2,1H3,(H,19,21). The fourth-order valence-corrected chi connectivity index (χ4v) is 2.15. The van der Waals surface area contributed by atoms with Crippen LogP contribution in [0, 0.1) is 6.92 Å². The Balaban J connectivity index is 1.98. The molecule has 1 aromatic carbocycles. The first-order chi connectivity index (χ1) is 9.76. The molecule has 0 aliphatic heterocycles. The second-order valence-corrected chi connectivity index (χ2v) is 5.32. The van der Waals surface area contributed by atoms with Crippen LogP contribution in [0.15, 0.2) is 18.2 Å². The van der Waals surface area contributed by atoms with Gasteiger partial charge in [-0.25, -0.2) is 0 Å². The summed E-state index contributed by atoms with van der Waals surface area (Å²) in [6.07, 6.45) is -2.88. The van der Waals surface area contributed by atoms with Gasteiger partial charge in [-0.05, 0) is 37.5 Å². The SMILES string of the molecule is Cc1c(N)cccc1NC(=O)CN(CC(F)(F)F)C1CC1. The summed E-state index contributed by atoms with van der Waals surface area (Å²) < 4.78 is 37.5. The Hall–Kier alpha value is -1.76. The zero-order valence-electron chi connectivity index (χ0n) is 11.7. The number of nitrogen functional groups attached to an aromatic ring is 1. The van der Waals surface area contributed by atoms with Crippen LogP contribution in [-0.4, -0.2) is 36.1 Å². The fourth-order valence-electron chi connectivity index (χ4n) is 2.15. The van der Waals surface area contributed by atoms with E-state index >= 15 is 0 Å². The Morgan fingerprint density at radius 2 is 2.10 bits per heavy atom. The number of hydrogen-bond donors (Lipinski definition) is 2. The van der Waals surface area contributed by atoms with Crippen molar-refractivity contribution < 1.29 is 18.0 Å². The van der Waals surface area contributed by atoms with E-state index in [1.54, 1.807) is 25.1 Å². The van der Waals surface area contributed by atoms with E-state index in [4.69, 9.17) is 5.73 Å². The average Bonchev–Trinajstić information content (AvgIpc) is 3.16. The number of hydrogen-bond acceptors (Lipinski definition) is 3. The van der Waals surface area contributed by atoms with Gasteiger partial charge < -0.3 is 11.1 Å². The van der Waals surface area contributed by atoms with Gasteiger partial charge in [-0.3, -0.25) is 9.69 Å². The molecule has 0 bridgehead atoms. The van der Waals surface area contributed by atoms with Gasteiger partial charge >= 0.3 is 6.18 Å². The molecule has 1 saturated carbocycles. The maximum atomic E-state index is 12.5. The zero-order valence-corrected chi connectivity index (χ0v) is 11.7. The summed E-state index contributed by atoms with van der Waals surface area (Å²) >= 11 is 0. The highest BCUT2D eigenvalue weighted by molar-refractivity contribution is 5.93. The third-order valence-electron chi connectivity index (χ3n) is 3.44. The highest BCUT2D eigenvalue weighted by Gasteiger charge is 2.38. The Morgan fingerprint density at radius 3 is 2.67 bits per heavy atom. The number of anilines is 2. The molecule has 2 rings (SSSR count). The van der Waals surface area contributed by atoms with E-state index in [1.807, 2.05) is 0 Å². The average molecular weight is 301 g/mol. The smallest absolute Gasteiger partial charge is 0.398 e. The number of carbonyl (C=O) groups excluding carboxylic acids is 1. The number of nitrogens with two attached hydrogens (primary N) is 1. The molecule has 4 nitrogen and oxygen atoms in total. The third kappa shape index (κ3) is 4.63. The van der Waals surface area contributed by atoms with Crippen molar-refractivity contribution in [3.8, 4) is 0 Å². The van der Waals surface area contributed by atoms with E-state index in [2.05, 4.69) is 5.32 Å². The summed E-state index contributed by atoms with van der Waals surface area (Å²) in [5.41, 5.74) is 7.50. The molecule has 1 amide bonds. The van der Waals surface area contributed by atoms with E-state index in [0.29, 0.717) is 29.8 Å². The molecule has 0 radical (unpaired) electrons. The summed E-state index contributed by atoms with van der Waals surface area (Å²) in [6.45, 7) is 0.429. The highest BCUT2D eigenvalue weighted by Crippen LogP contribution is 2.30. The predicted octanol–water partition coefficient (Wildman–Crippen LogP) is 2.54. The van der Waals surface area contributed by atoms with Crippen molar-refractivity contribution in [1.82, 2.24) is 4.90 Å². The predicted molar refractivity (Wildman–Crippen MR) is 74.9 cm³/mol. The van der Waals surface area contributed by atoms with Crippen LogP contribution in [0.25, 0.3) is 0 Å². The van der Waals surface area contributed by atoms with Crippen molar-refractivity contribution in [2.24, 2.45) is 0 Å². The topological polar surface area (TPSA) is 58.4 Å². The van der Waals surface area contributed by atoms with Crippen LogP contribution >= 0.6 is 0 Å². The Bertz CT molecular complexity index is 527. The van der Waals surface area contributed by atoms with Gasteiger partial charge in [-0.1, -0.05) is 6.07 Å². The molecule has 1 aromatic rings. The number of benzene rings is 1. The number of carbonyl (C=O) groups is 1. The largest absolute Gasteiger partial charge is 0.401 e. The van der Waals surface area contributed by atoms with Gasteiger partial charge in [0.25, 0.3) is 0 Å². The minimum absolute atomic E-state index is 0.140. The van der Waals surface area contributed by atoms with E-state index in [1.165, 1.54) is 4.90 Å². The molecule has 116 valence electrons. The molecule has 0 spiro atoms. The van der Waals surface area contributed by atoms with Gasteiger partial charge in [0, 0.05) is 17.4 Å². The van der Waals surface area contributed by atoms with Crippen LogP contribution < -0.4 is 11.1 Å². The van der Waals surface area contributed by atoms with E-state index < -0.39 is 18.6 Å². The Kier molecular flexibility index (Phi) is 4.41. The lowest BCUT2D eigenvalue weighted by Gasteiger charge is -2.23. The first-order valence-corrected chi connectivity index (χ1v) is 6.72. The maximum absolute atomic E-state index is 12.5. The Morgan fingerprint density at radius 1 is 1.43 bits per heavy atom. The number of rotatable bonds is 5. The van der Waals surface area contributed by atoms with Gasteiger partial charge in [0.1, 0.15) is 0 Å². The summed E-state index contributed by atoms with van der Waals surface area (Å²) in [7, 11) is 0. The van der Waals surface area contributed by atoms with Gasteiger partial charge in [-0.2, -0.15) is 13.2 Å². The number of amides is 1. The van der Waals surface area contributed by atoms with Crippen molar-refractivity contribution in [2.45, 2.75) is 32.0 Å². The molecule has 0 atom stereocenters. The second kappa shape index (κ2) is 5.93. The van der Waals surface area contributed by atoms with Crippen LogP contribution in [0.2, 0.25) is 0 Å². The first-order valence-electron chi connectivity index (χ1n) is 6.72. The van der Waals surface area contributed by atoms with Gasteiger partial charge in [-0.15, -0.1) is 0 Å². The fraction of sp³-hybridized carbons (Fsp3) is 0.500. The number of nitrogens with one attached hydrogen (secondary N) is 1. The van der Waals surface area contributed by atoms with Gasteiger partial charge in [0.2, 0.25) is 5.91 Å². The second-order valence-electron chi connectivity index (χ2n) is 5.32. The molecule has 0 aromatic heterocycles. The molecule has 3 N–H and O–H groups in total. The van der Waals surface area contributed by atoms with Crippen LogP contribution in [0.4, 0.5) is 24.5 Å². The molecular formula is C14H18F3N3O. The minimum atomic E-state index is -4.30. The molecule has 7 heteroatoms. The number of alkyl halides is 3. The van der Waals surface area contributed by atoms with Crippen molar-refractivity contribution >= 4 is 17.3 Å². The molecule has 21 heavy (non-hydrogen) atoms. The summed E-state index contributed by atoms with van der Waals surface area (Å²) in [5.74, 6) is -0.458. The quantitative estimate of drug-likeness (QED) is 0.822. The maximum Gasteiger partial charge on any atom is 0.401 e.